The maximum Gasteiger partial charge on any atom is 0.0453 e. The second kappa shape index (κ2) is 9.32. The minimum absolute atomic E-state index is 0.260. The lowest BCUT2D eigenvalue weighted by Crippen LogP contribution is -2.29. The molecule has 108 valence electrons. The molecule has 1 aromatic carbocycles. The van der Waals surface area contributed by atoms with Crippen LogP contribution in [-0.2, 0) is 0 Å². The molecule has 1 atom stereocenters. The standard InChI is InChI=1S/C15H25ClN2O/c1-3-18(10-6-12-19)11-9-15(17-2)13-7-4-5-8-14(13)16/h4-5,7-8,15,17,19H,3,6,9-12H2,1-2H3. The van der Waals surface area contributed by atoms with Crippen molar-refractivity contribution in [3.8, 4) is 0 Å². The molecule has 1 aromatic rings. The summed E-state index contributed by atoms with van der Waals surface area (Å²) in [7, 11) is 1.97. The predicted molar refractivity (Wildman–Crippen MR) is 81.7 cm³/mol. The maximum absolute atomic E-state index is 8.89. The van der Waals surface area contributed by atoms with Gasteiger partial charge in [-0.05, 0) is 44.6 Å². The molecule has 0 aliphatic carbocycles. The lowest BCUT2D eigenvalue weighted by molar-refractivity contribution is 0.223. The average molecular weight is 285 g/mol. The van der Waals surface area contributed by atoms with E-state index in [0.717, 1.165) is 43.1 Å². The van der Waals surface area contributed by atoms with Crippen LogP contribution in [0.25, 0.3) is 0 Å². The van der Waals surface area contributed by atoms with E-state index in [1.807, 2.05) is 25.2 Å². The van der Waals surface area contributed by atoms with Crippen LogP contribution < -0.4 is 5.32 Å². The van der Waals surface area contributed by atoms with E-state index in [9.17, 15) is 0 Å². The van der Waals surface area contributed by atoms with Crippen molar-refractivity contribution in [2.24, 2.45) is 0 Å². The summed E-state index contributed by atoms with van der Waals surface area (Å²) in [5.74, 6) is 0. The molecule has 1 rings (SSSR count). The van der Waals surface area contributed by atoms with E-state index in [1.165, 1.54) is 0 Å². The first kappa shape index (κ1) is 16.4. The molecule has 2 N–H and O–H groups in total. The van der Waals surface area contributed by atoms with Crippen molar-refractivity contribution in [2.75, 3.05) is 33.3 Å². The number of aliphatic hydroxyl groups excluding tert-OH is 1. The molecule has 1 unspecified atom stereocenters. The molecule has 0 spiro atoms. The highest BCUT2D eigenvalue weighted by atomic mass is 35.5. The fourth-order valence-corrected chi connectivity index (χ4v) is 2.51. The molecular weight excluding hydrogens is 260 g/mol. The molecule has 0 aromatic heterocycles. The quantitative estimate of drug-likeness (QED) is 0.732. The summed E-state index contributed by atoms with van der Waals surface area (Å²) in [4.78, 5) is 2.36. The number of nitrogens with one attached hydrogen (secondary N) is 1. The zero-order valence-electron chi connectivity index (χ0n) is 11.9. The van der Waals surface area contributed by atoms with Crippen molar-refractivity contribution >= 4 is 11.6 Å². The van der Waals surface area contributed by atoms with Gasteiger partial charge in [-0.25, -0.2) is 0 Å². The molecule has 4 heteroatoms. The monoisotopic (exact) mass is 284 g/mol. The van der Waals surface area contributed by atoms with Gasteiger partial charge in [0.05, 0.1) is 0 Å². The van der Waals surface area contributed by atoms with Crippen LogP contribution in [0.1, 0.15) is 31.4 Å². The van der Waals surface area contributed by atoms with Gasteiger partial charge in [0.25, 0.3) is 0 Å². The Kier molecular flexibility index (Phi) is 8.07. The highest BCUT2D eigenvalue weighted by molar-refractivity contribution is 6.31. The van der Waals surface area contributed by atoms with Crippen molar-refractivity contribution in [1.29, 1.82) is 0 Å². The van der Waals surface area contributed by atoms with Crippen LogP contribution in [0.2, 0.25) is 5.02 Å². The molecule has 0 heterocycles. The third-order valence-corrected chi connectivity index (χ3v) is 3.79. The summed E-state index contributed by atoms with van der Waals surface area (Å²) >= 11 is 6.24. The first-order chi connectivity index (χ1) is 9.22. The van der Waals surface area contributed by atoms with Crippen molar-refractivity contribution in [1.82, 2.24) is 10.2 Å². The first-order valence-corrected chi connectivity index (χ1v) is 7.35. The van der Waals surface area contributed by atoms with Gasteiger partial charge in [0.2, 0.25) is 0 Å². The molecule has 0 saturated carbocycles. The van der Waals surface area contributed by atoms with Gasteiger partial charge in [-0.2, -0.15) is 0 Å². The van der Waals surface area contributed by atoms with Gasteiger partial charge in [0.1, 0.15) is 0 Å². The van der Waals surface area contributed by atoms with Crippen LogP contribution in [0.5, 0.6) is 0 Å². The van der Waals surface area contributed by atoms with Crippen molar-refractivity contribution in [2.45, 2.75) is 25.8 Å². The van der Waals surface area contributed by atoms with E-state index in [0.29, 0.717) is 0 Å². The third kappa shape index (κ3) is 5.49. The SMILES string of the molecule is CCN(CCCO)CCC(NC)c1ccccc1Cl. The minimum Gasteiger partial charge on any atom is -0.396 e. The predicted octanol–water partition coefficient (Wildman–Crippen LogP) is 2.69. The first-order valence-electron chi connectivity index (χ1n) is 6.97. The Balaban J connectivity index is 2.55. The second-order valence-corrected chi connectivity index (χ2v) is 5.07. The van der Waals surface area contributed by atoms with Crippen LogP contribution in [-0.4, -0.2) is 43.3 Å². The van der Waals surface area contributed by atoms with Crippen LogP contribution in [0.3, 0.4) is 0 Å². The molecule has 0 fully saturated rings. The summed E-state index contributed by atoms with van der Waals surface area (Å²) < 4.78 is 0. The fraction of sp³-hybridized carbons (Fsp3) is 0.600. The molecular formula is C15H25ClN2O. The summed E-state index contributed by atoms with van der Waals surface area (Å²) in [6.45, 7) is 5.38. The molecule has 0 bridgehead atoms. The Morgan fingerprint density at radius 1 is 1.32 bits per heavy atom. The Morgan fingerprint density at radius 3 is 2.63 bits per heavy atom. The van der Waals surface area contributed by atoms with E-state index in [2.05, 4.69) is 23.2 Å². The van der Waals surface area contributed by atoms with Crippen LogP contribution in [0, 0.1) is 0 Å². The zero-order chi connectivity index (χ0) is 14.1. The molecule has 0 saturated heterocycles. The number of halogens is 1. The summed E-state index contributed by atoms with van der Waals surface area (Å²) in [6.07, 6.45) is 1.85. The van der Waals surface area contributed by atoms with Crippen LogP contribution in [0.4, 0.5) is 0 Å². The van der Waals surface area contributed by atoms with E-state index < -0.39 is 0 Å². The number of benzene rings is 1. The van der Waals surface area contributed by atoms with Gasteiger partial charge in [-0.1, -0.05) is 36.7 Å². The number of nitrogens with zero attached hydrogens (tertiary/aromatic N) is 1. The minimum atomic E-state index is 0.260. The highest BCUT2D eigenvalue weighted by Gasteiger charge is 2.13. The van der Waals surface area contributed by atoms with Crippen molar-refractivity contribution in [3.05, 3.63) is 34.9 Å². The molecule has 0 aliphatic rings. The van der Waals surface area contributed by atoms with Gasteiger partial charge in [0, 0.05) is 24.2 Å². The highest BCUT2D eigenvalue weighted by Crippen LogP contribution is 2.24. The molecule has 3 nitrogen and oxygen atoms in total. The normalized spacial score (nSPS) is 12.9. The van der Waals surface area contributed by atoms with E-state index >= 15 is 0 Å². The largest absolute Gasteiger partial charge is 0.396 e. The number of hydrogen-bond donors (Lipinski definition) is 2. The van der Waals surface area contributed by atoms with Gasteiger partial charge in [0.15, 0.2) is 0 Å². The van der Waals surface area contributed by atoms with Crippen LogP contribution >= 0.6 is 11.6 Å². The number of hydrogen-bond acceptors (Lipinski definition) is 3. The fourth-order valence-electron chi connectivity index (χ4n) is 2.25. The Bertz CT molecular complexity index is 360. The zero-order valence-corrected chi connectivity index (χ0v) is 12.7. The summed E-state index contributed by atoms with van der Waals surface area (Å²) in [5, 5.41) is 13.0. The van der Waals surface area contributed by atoms with Gasteiger partial charge in [-0.3, -0.25) is 0 Å². The molecule has 19 heavy (non-hydrogen) atoms. The molecule has 0 amide bonds. The summed E-state index contributed by atoms with van der Waals surface area (Å²) in [6, 6.07) is 8.27. The number of rotatable bonds is 9. The molecule has 0 aliphatic heterocycles. The maximum atomic E-state index is 8.89. The lowest BCUT2D eigenvalue weighted by Gasteiger charge is -2.24. The number of aliphatic hydroxyl groups is 1. The second-order valence-electron chi connectivity index (χ2n) is 4.66. The molecule has 0 radical (unpaired) electrons. The Hall–Kier alpha value is -0.610. The van der Waals surface area contributed by atoms with E-state index in [4.69, 9.17) is 16.7 Å². The average Bonchev–Trinajstić information content (AvgIpc) is 2.44. The summed E-state index contributed by atoms with van der Waals surface area (Å²) in [5.41, 5.74) is 1.16. The Morgan fingerprint density at radius 2 is 2.05 bits per heavy atom. The topological polar surface area (TPSA) is 35.5 Å². The van der Waals surface area contributed by atoms with Gasteiger partial charge < -0.3 is 15.3 Å². The smallest absolute Gasteiger partial charge is 0.0453 e. The lowest BCUT2D eigenvalue weighted by atomic mass is 10.0. The van der Waals surface area contributed by atoms with Gasteiger partial charge in [-0.15, -0.1) is 0 Å². The van der Waals surface area contributed by atoms with Crippen LogP contribution in [0.15, 0.2) is 24.3 Å². The Labute approximate surface area is 121 Å². The van der Waals surface area contributed by atoms with E-state index in [-0.39, 0.29) is 12.6 Å². The van der Waals surface area contributed by atoms with Crippen molar-refractivity contribution in [3.63, 3.8) is 0 Å². The van der Waals surface area contributed by atoms with Gasteiger partial charge >= 0.3 is 0 Å². The van der Waals surface area contributed by atoms with Crippen molar-refractivity contribution < 1.29 is 5.11 Å². The van der Waals surface area contributed by atoms with E-state index in [1.54, 1.807) is 0 Å². The third-order valence-electron chi connectivity index (χ3n) is 3.44.